The summed E-state index contributed by atoms with van der Waals surface area (Å²) in [5.74, 6) is -1.10. The largest absolute Gasteiger partial charge is 0.481 e. The Morgan fingerprint density at radius 3 is 2.47 bits per heavy atom. The Bertz CT molecular complexity index is 499. The van der Waals surface area contributed by atoms with E-state index in [-0.39, 0.29) is 24.8 Å². The van der Waals surface area contributed by atoms with E-state index in [1.54, 1.807) is 0 Å². The molecule has 0 radical (unpaired) electrons. The summed E-state index contributed by atoms with van der Waals surface area (Å²) in [4.78, 5) is 20.2. The zero-order chi connectivity index (χ0) is 14.6. The zero-order valence-corrected chi connectivity index (χ0v) is 9.61. The lowest BCUT2D eigenvalue weighted by molar-refractivity contribution is -0.385. The van der Waals surface area contributed by atoms with Crippen LogP contribution in [-0.2, 0) is 17.4 Å². The van der Waals surface area contributed by atoms with E-state index in [9.17, 15) is 28.1 Å². The number of nitro groups is 1. The van der Waals surface area contributed by atoms with Crippen LogP contribution in [0.1, 0.15) is 24.0 Å². The number of benzene rings is 1. The predicted octanol–water partition coefficient (Wildman–Crippen LogP) is 3.02. The fourth-order valence-corrected chi connectivity index (χ4v) is 1.57. The van der Waals surface area contributed by atoms with Crippen molar-refractivity contribution in [3.05, 3.63) is 39.4 Å². The summed E-state index contributed by atoms with van der Waals surface area (Å²) in [7, 11) is 0. The molecule has 8 heteroatoms. The van der Waals surface area contributed by atoms with E-state index in [1.165, 1.54) is 0 Å². The molecule has 5 nitrogen and oxygen atoms in total. The topological polar surface area (TPSA) is 80.4 Å². The van der Waals surface area contributed by atoms with Crippen molar-refractivity contribution in [1.82, 2.24) is 0 Å². The molecular formula is C11H10F3NO4. The molecule has 0 bridgehead atoms. The number of hydrogen-bond acceptors (Lipinski definition) is 3. The van der Waals surface area contributed by atoms with E-state index < -0.39 is 28.3 Å². The highest BCUT2D eigenvalue weighted by Gasteiger charge is 2.32. The van der Waals surface area contributed by atoms with Crippen LogP contribution in [0.3, 0.4) is 0 Å². The molecule has 0 atom stereocenters. The van der Waals surface area contributed by atoms with Crippen LogP contribution in [0.5, 0.6) is 0 Å². The van der Waals surface area contributed by atoms with E-state index in [4.69, 9.17) is 5.11 Å². The van der Waals surface area contributed by atoms with E-state index in [0.717, 1.165) is 6.07 Å². The summed E-state index contributed by atoms with van der Waals surface area (Å²) in [6, 6.07) is 2.12. The number of nitrogens with zero attached hydrogens (tertiary/aromatic N) is 1. The van der Waals surface area contributed by atoms with E-state index in [1.807, 2.05) is 0 Å². The fourth-order valence-electron chi connectivity index (χ4n) is 1.57. The smallest absolute Gasteiger partial charge is 0.416 e. The Balaban J connectivity index is 3.02. The molecule has 0 heterocycles. The second-order valence-corrected chi connectivity index (χ2v) is 3.85. The van der Waals surface area contributed by atoms with Crippen LogP contribution in [0.25, 0.3) is 0 Å². The summed E-state index contributed by atoms with van der Waals surface area (Å²) < 4.78 is 37.5. The van der Waals surface area contributed by atoms with Crippen molar-refractivity contribution in [2.45, 2.75) is 25.4 Å². The van der Waals surface area contributed by atoms with Gasteiger partial charge in [-0.05, 0) is 25.0 Å². The number of aliphatic carboxylic acids is 1. The monoisotopic (exact) mass is 277 g/mol. The van der Waals surface area contributed by atoms with Gasteiger partial charge >= 0.3 is 12.1 Å². The van der Waals surface area contributed by atoms with Gasteiger partial charge < -0.3 is 5.11 Å². The minimum atomic E-state index is -4.59. The van der Waals surface area contributed by atoms with Crippen LogP contribution in [0.2, 0.25) is 0 Å². The molecule has 0 unspecified atom stereocenters. The number of halogens is 3. The van der Waals surface area contributed by atoms with Crippen LogP contribution in [0.4, 0.5) is 18.9 Å². The van der Waals surface area contributed by atoms with Gasteiger partial charge in [-0.25, -0.2) is 0 Å². The standard InChI is InChI=1S/C11H10F3NO4/c12-11(13,14)8-4-5-9(15(18)19)7(6-8)2-1-3-10(16)17/h4-6H,1-3H2,(H,16,17). The number of hydrogen-bond donors (Lipinski definition) is 1. The van der Waals surface area contributed by atoms with Crippen LogP contribution in [0, 0.1) is 10.1 Å². The summed E-state index contributed by atoms with van der Waals surface area (Å²) in [5, 5.41) is 19.1. The average Bonchev–Trinajstić information content (AvgIpc) is 2.26. The molecule has 0 fully saturated rings. The maximum absolute atomic E-state index is 12.5. The van der Waals surface area contributed by atoms with Gasteiger partial charge in [0.15, 0.2) is 0 Å². The number of aryl methyl sites for hydroxylation is 1. The van der Waals surface area contributed by atoms with Crippen LogP contribution in [0.15, 0.2) is 18.2 Å². The van der Waals surface area contributed by atoms with Gasteiger partial charge in [0.2, 0.25) is 0 Å². The first-order valence-electron chi connectivity index (χ1n) is 5.28. The molecule has 1 rings (SSSR count). The highest BCUT2D eigenvalue weighted by molar-refractivity contribution is 5.66. The first-order chi connectivity index (χ1) is 8.71. The molecule has 0 amide bonds. The minimum absolute atomic E-state index is 0.0392. The number of nitro benzene ring substituents is 1. The van der Waals surface area contributed by atoms with Crippen LogP contribution in [-0.4, -0.2) is 16.0 Å². The Hall–Kier alpha value is -2.12. The molecule has 1 aromatic carbocycles. The van der Waals surface area contributed by atoms with Crippen molar-refractivity contribution >= 4 is 11.7 Å². The van der Waals surface area contributed by atoms with Crippen molar-refractivity contribution in [2.75, 3.05) is 0 Å². The number of carbonyl (C=O) groups is 1. The number of carboxylic acids is 1. The van der Waals surface area contributed by atoms with Gasteiger partial charge in [-0.15, -0.1) is 0 Å². The average molecular weight is 277 g/mol. The third kappa shape index (κ3) is 4.23. The van der Waals surface area contributed by atoms with Crippen molar-refractivity contribution in [1.29, 1.82) is 0 Å². The lowest BCUT2D eigenvalue weighted by atomic mass is 10.0. The fraction of sp³-hybridized carbons (Fsp3) is 0.364. The second kappa shape index (κ2) is 5.68. The first-order valence-corrected chi connectivity index (χ1v) is 5.28. The quantitative estimate of drug-likeness (QED) is 0.662. The SMILES string of the molecule is O=C(O)CCCc1cc(C(F)(F)F)ccc1[N+](=O)[O-]. The summed E-state index contributed by atoms with van der Waals surface area (Å²) in [6.45, 7) is 0. The molecule has 19 heavy (non-hydrogen) atoms. The van der Waals surface area contributed by atoms with Gasteiger partial charge in [-0.1, -0.05) is 0 Å². The Morgan fingerprint density at radius 1 is 1.37 bits per heavy atom. The van der Waals surface area contributed by atoms with Crippen LogP contribution < -0.4 is 0 Å². The van der Waals surface area contributed by atoms with Gasteiger partial charge in [0.1, 0.15) is 0 Å². The third-order valence-electron chi connectivity index (χ3n) is 2.44. The lowest BCUT2D eigenvalue weighted by Crippen LogP contribution is -2.07. The maximum Gasteiger partial charge on any atom is 0.416 e. The highest BCUT2D eigenvalue weighted by atomic mass is 19.4. The molecule has 104 valence electrons. The van der Waals surface area contributed by atoms with E-state index >= 15 is 0 Å². The number of rotatable bonds is 5. The molecule has 0 saturated heterocycles. The third-order valence-corrected chi connectivity index (χ3v) is 2.44. The van der Waals surface area contributed by atoms with Crippen molar-refractivity contribution in [2.24, 2.45) is 0 Å². The normalized spacial score (nSPS) is 11.3. The minimum Gasteiger partial charge on any atom is -0.481 e. The molecule has 0 spiro atoms. The number of alkyl halides is 3. The molecule has 0 saturated carbocycles. The first kappa shape index (κ1) is 14.9. The van der Waals surface area contributed by atoms with Crippen LogP contribution >= 0.6 is 0 Å². The Morgan fingerprint density at radius 2 is 2.00 bits per heavy atom. The van der Waals surface area contributed by atoms with Gasteiger partial charge in [0, 0.05) is 18.1 Å². The van der Waals surface area contributed by atoms with Gasteiger partial charge in [0.05, 0.1) is 10.5 Å². The summed E-state index contributed by atoms with van der Waals surface area (Å²) in [6.07, 6.45) is -4.89. The summed E-state index contributed by atoms with van der Waals surface area (Å²) >= 11 is 0. The molecule has 1 aromatic rings. The van der Waals surface area contributed by atoms with Gasteiger partial charge in [0.25, 0.3) is 5.69 Å². The van der Waals surface area contributed by atoms with Crippen molar-refractivity contribution < 1.29 is 28.0 Å². The van der Waals surface area contributed by atoms with E-state index in [2.05, 4.69) is 0 Å². The van der Waals surface area contributed by atoms with E-state index in [0.29, 0.717) is 12.1 Å². The number of carboxylic acid groups (broad SMARTS) is 1. The second-order valence-electron chi connectivity index (χ2n) is 3.85. The molecule has 0 aliphatic rings. The highest BCUT2D eigenvalue weighted by Crippen LogP contribution is 2.33. The lowest BCUT2D eigenvalue weighted by Gasteiger charge is -2.09. The molecular weight excluding hydrogens is 267 g/mol. The molecule has 1 N–H and O–H groups in total. The Kier molecular flexibility index (Phi) is 4.47. The maximum atomic E-state index is 12.5. The molecule has 0 aliphatic heterocycles. The predicted molar refractivity (Wildman–Crippen MR) is 58.7 cm³/mol. The molecule has 0 aliphatic carbocycles. The van der Waals surface area contributed by atoms with Crippen molar-refractivity contribution in [3.63, 3.8) is 0 Å². The van der Waals surface area contributed by atoms with Gasteiger partial charge in [-0.3, -0.25) is 14.9 Å². The Labute approximate surface area is 105 Å². The van der Waals surface area contributed by atoms with Gasteiger partial charge in [-0.2, -0.15) is 13.2 Å². The summed E-state index contributed by atoms with van der Waals surface area (Å²) in [5.41, 5.74) is -1.53. The zero-order valence-electron chi connectivity index (χ0n) is 9.61. The van der Waals surface area contributed by atoms with Crippen molar-refractivity contribution in [3.8, 4) is 0 Å². The molecule has 0 aromatic heterocycles.